The van der Waals surface area contributed by atoms with Crippen LogP contribution in [0.2, 0.25) is 5.02 Å². The minimum absolute atomic E-state index is 0.737. The second-order valence-corrected chi connectivity index (χ2v) is 6.24. The van der Waals surface area contributed by atoms with Crippen molar-refractivity contribution in [3.63, 3.8) is 0 Å². The average Bonchev–Trinajstić information content (AvgIpc) is 3.24. The standard InChI is InChI=1S/C16H23ClN2/c17-16-11-15(19-9-3-1-2-4-10-19)8-5-13(16)12-18-14-6-7-14/h5,8,11,14,18H,1-4,6-7,9-10,12H2. The van der Waals surface area contributed by atoms with Crippen LogP contribution in [0.15, 0.2) is 18.2 Å². The molecule has 1 aliphatic carbocycles. The minimum atomic E-state index is 0.737. The van der Waals surface area contributed by atoms with Crippen LogP contribution in [-0.2, 0) is 6.54 Å². The van der Waals surface area contributed by atoms with Crippen LogP contribution in [0.4, 0.5) is 5.69 Å². The van der Waals surface area contributed by atoms with Gasteiger partial charge in [0.1, 0.15) is 0 Å². The Hall–Kier alpha value is -0.730. The first-order valence-electron chi connectivity index (χ1n) is 7.60. The van der Waals surface area contributed by atoms with Crippen LogP contribution in [-0.4, -0.2) is 19.1 Å². The van der Waals surface area contributed by atoms with Crippen molar-refractivity contribution in [1.82, 2.24) is 5.32 Å². The maximum absolute atomic E-state index is 6.43. The van der Waals surface area contributed by atoms with E-state index in [0.29, 0.717) is 0 Å². The highest BCUT2D eigenvalue weighted by Gasteiger charge is 2.20. The van der Waals surface area contributed by atoms with Gasteiger partial charge in [0, 0.05) is 36.4 Å². The predicted octanol–water partition coefficient (Wildman–Crippen LogP) is 3.97. The predicted molar refractivity (Wildman–Crippen MR) is 82.0 cm³/mol. The molecule has 1 N–H and O–H groups in total. The first kappa shape index (κ1) is 13.3. The summed E-state index contributed by atoms with van der Waals surface area (Å²) in [5, 5.41) is 4.44. The van der Waals surface area contributed by atoms with Gasteiger partial charge in [-0.2, -0.15) is 0 Å². The summed E-state index contributed by atoms with van der Waals surface area (Å²) in [5.41, 5.74) is 2.52. The number of rotatable bonds is 4. The lowest BCUT2D eigenvalue weighted by Crippen LogP contribution is -2.24. The van der Waals surface area contributed by atoms with Gasteiger partial charge in [-0.15, -0.1) is 0 Å². The van der Waals surface area contributed by atoms with E-state index in [4.69, 9.17) is 11.6 Å². The van der Waals surface area contributed by atoms with Crippen LogP contribution in [0.1, 0.15) is 44.1 Å². The fraction of sp³-hybridized carbons (Fsp3) is 0.625. The van der Waals surface area contributed by atoms with Crippen molar-refractivity contribution in [3.05, 3.63) is 28.8 Å². The zero-order valence-electron chi connectivity index (χ0n) is 11.5. The average molecular weight is 279 g/mol. The summed E-state index contributed by atoms with van der Waals surface area (Å²) in [4.78, 5) is 2.48. The van der Waals surface area contributed by atoms with Gasteiger partial charge in [-0.1, -0.05) is 30.5 Å². The van der Waals surface area contributed by atoms with Crippen molar-refractivity contribution >= 4 is 17.3 Å². The van der Waals surface area contributed by atoms with Crippen molar-refractivity contribution in [3.8, 4) is 0 Å². The van der Waals surface area contributed by atoms with Gasteiger partial charge in [-0.05, 0) is 43.4 Å². The van der Waals surface area contributed by atoms with Gasteiger partial charge in [0.15, 0.2) is 0 Å². The number of halogens is 1. The Labute approximate surface area is 121 Å². The zero-order valence-corrected chi connectivity index (χ0v) is 12.3. The van der Waals surface area contributed by atoms with Crippen molar-refractivity contribution < 1.29 is 0 Å². The molecule has 0 radical (unpaired) electrons. The first-order valence-corrected chi connectivity index (χ1v) is 7.97. The van der Waals surface area contributed by atoms with Gasteiger partial charge in [0.05, 0.1) is 0 Å². The molecule has 0 atom stereocenters. The quantitative estimate of drug-likeness (QED) is 0.896. The number of hydrogen-bond donors (Lipinski definition) is 1. The largest absolute Gasteiger partial charge is 0.371 e. The van der Waals surface area contributed by atoms with Crippen molar-refractivity contribution in [2.24, 2.45) is 0 Å². The molecule has 2 nitrogen and oxygen atoms in total. The van der Waals surface area contributed by atoms with Crippen LogP contribution in [0.5, 0.6) is 0 Å². The van der Waals surface area contributed by atoms with Crippen molar-refractivity contribution in [2.45, 2.75) is 51.1 Å². The van der Waals surface area contributed by atoms with Gasteiger partial charge >= 0.3 is 0 Å². The summed E-state index contributed by atoms with van der Waals surface area (Å²) in [6.07, 6.45) is 8.00. The maximum atomic E-state index is 6.43. The van der Waals surface area contributed by atoms with E-state index in [1.165, 1.54) is 62.9 Å². The number of nitrogens with zero attached hydrogens (tertiary/aromatic N) is 1. The smallest absolute Gasteiger partial charge is 0.0471 e. The molecule has 1 aromatic carbocycles. The highest BCUT2D eigenvalue weighted by atomic mass is 35.5. The molecule has 104 valence electrons. The van der Waals surface area contributed by atoms with E-state index in [0.717, 1.165) is 17.6 Å². The van der Waals surface area contributed by atoms with Crippen LogP contribution in [0.3, 0.4) is 0 Å². The third kappa shape index (κ3) is 3.64. The zero-order chi connectivity index (χ0) is 13.1. The van der Waals surface area contributed by atoms with Gasteiger partial charge in [-0.25, -0.2) is 0 Å². The second-order valence-electron chi connectivity index (χ2n) is 5.83. The van der Waals surface area contributed by atoms with Crippen LogP contribution in [0, 0.1) is 0 Å². The molecule has 3 rings (SSSR count). The summed E-state index contributed by atoms with van der Waals surface area (Å²) < 4.78 is 0. The van der Waals surface area contributed by atoms with Crippen molar-refractivity contribution in [2.75, 3.05) is 18.0 Å². The number of nitrogens with one attached hydrogen (secondary N) is 1. The molecule has 1 saturated heterocycles. The van der Waals surface area contributed by atoms with Crippen LogP contribution in [0.25, 0.3) is 0 Å². The second kappa shape index (κ2) is 6.15. The lowest BCUT2D eigenvalue weighted by atomic mass is 10.2. The van der Waals surface area contributed by atoms with E-state index in [1.807, 2.05) is 0 Å². The Morgan fingerprint density at radius 1 is 1.11 bits per heavy atom. The Balaban J connectivity index is 1.66. The van der Waals surface area contributed by atoms with Gasteiger partial charge in [0.2, 0.25) is 0 Å². The topological polar surface area (TPSA) is 15.3 Å². The van der Waals surface area contributed by atoms with E-state index in [2.05, 4.69) is 28.4 Å². The van der Waals surface area contributed by atoms with Gasteiger partial charge < -0.3 is 10.2 Å². The molecule has 19 heavy (non-hydrogen) atoms. The lowest BCUT2D eigenvalue weighted by Gasteiger charge is -2.23. The van der Waals surface area contributed by atoms with Crippen molar-refractivity contribution in [1.29, 1.82) is 0 Å². The van der Waals surface area contributed by atoms with E-state index in [9.17, 15) is 0 Å². The van der Waals surface area contributed by atoms with E-state index < -0.39 is 0 Å². The van der Waals surface area contributed by atoms with Gasteiger partial charge in [0.25, 0.3) is 0 Å². The fourth-order valence-electron chi connectivity index (χ4n) is 2.75. The molecule has 0 amide bonds. The van der Waals surface area contributed by atoms with Crippen LogP contribution < -0.4 is 10.2 Å². The summed E-state index contributed by atoms with van der Waals surface area (Å²) in [6, 6.07) is 7.32. The molecule has 0 spiro atoms. The molecule has 1 heterocycles. The van der Waals surface area contributed by atoms with Crippen LogP contribution >= 0.6 is 11.6 Å². The van der Waals surface area contributed by atoms with Gasteiger partial charge in [-0.3, -0.25) is 0 Å². The maximum Gasteiger partial charge on any atom is 0.0471 e. The van der Waals surface area contributed by atoms with E-state index >= 15 is 0 Å². The number of benzene rings is 1. The summed E-state index contributed by atoms with van der Waals surface area (Å²) in [6.45, 7) is 3.26. The summed E-state index contributed by atoms with van der Waals surface area (Å²) in [5.74, 6) is 0. The normalized spacial score (nSPS) is 20.4. The molecule has 1 saturated carbocycles. The number of hydrogen-bond acceptors (Lipinski definition) is 2. The molecular weight excluding hydrogens is 256 g/mol. The monoisotopic (exact) mass is 278 g/mol. The molecule has 0 aromatic heterocycles. The molecule has 1 aromatic rings. The van der Waals surface area contributed by atoms with E-state index in [-0.39, 0.29) is 0 Å². The molecule has 0 unspecified atom stereocenters. The molecule has 3 heteroatoms. The highest BCUT2D eigenvalue weighted by molar-refractivity contribution is 6.31. The highest BCUT2D eigenvalue weighted by Crippen LogP contribution is 2.27. The summed E-state index contributed by atoms with van der Waals surface area (Å²) in [7, 11) is 0. The third-order valence-corrected chi connectivity index (χ3v) is 4.52. The fourth-order valence-corrected chi connectivity index (χ4v) is 2.99. The van der Waals surface area contributed by atoms with E-state index in [1.54, 1.807) is 0 Å². The molecule has 2 fully saturated rings. The Morgan fingerprint density at radius 2 is 1.84 bits per heavy atom. The Bertz CT molecular complexity index is 421. The first-order chi connectivity index (χ1) is 9.33. The minimum Gasteiger partial charge on any atom is -0.371 e. The molecule has 0 bridgehead atoms. The SMILES string of the molecule is Clc1cc(N2CCCCCC2)ccc1CNC1CC1. The molecule has 2 aliphatic rings. The third-order valence-electron chi connectivity index (χ3n) is 4.17. The Morgan fingerprint density at radius 3 is 2.47 bits per heavy atom. The molecular formula is C16H23ClN2. The Kier molecular flexibility index (Phi) is 4.29. The lowest BCUT2D eigenvalue weighted by molar-refractivity contribution is 0.687. The number of anilines is 1. The molecule has 1 aliphatic heterocycles. The summed E-state index contributed by atoms with van der Waals surface area (Å²) >= 11 is 6.43.